The number of fused-ring (bicyclic) bond motifs is 2. The highest BCUT2D eigenvalue weighted by Crippen LogP contribution is 2.45. The van der Waals surface area contributed by atoms with Crippen LogP contribution >= 0.6 is 15.9 Å². The van der Waals surface area contributed by atoms with Crippen molar-refractivity contribution in [3.05, 3.63) is 106 Å². The summed E-state index contributed by atoms with van der Waals surface area (Å²) in [5, 5.41) is 12.7. The maximum atomic E-state index is 14.0. The van der Waals surface area contributed by atoms with Crippen LogP contribution in [0.3, 0.4) is 0 Å². The Kier molecular flexibility index (Phi) is 5.42. The third-order valence-corrected chi connectivity index (χ3v) is 7.22. The Hall–Kier alpha value is -4.30. The number of amides is 1. The SMILES string of the molecule is COc1ccc(N2C(=O)C(O)=C(C(=O)c3cc4cc(Br)ccc4o3)C2c2c(C)[nH]c3ccccc23)cc1. The number of halogens is 1. The van der Waals surface area contributed by atoms with Gasteiger partial charge in [0.05, 0.1) is 18.7 Å². The minimum Gasteiger partial charge on any atom is -0.503 e. The van der Waals surface area contributed by atoms with E-state index in [1.165, 1.54) is 4.90 Å². The molecule has 1 unspecified atom stereocenters. The minimum absolute atomic E-state index is 0.0354. The molecule has 1 aliphatic heterocycles. The topological polar surface area (TPSA) is 95.8 Å². The summed E-state index contributed by atoms with van der Waals surface area (Å²) in [6, 6.07) is 20.8. The number of carbonyl (C=O) groups excluding carboxylic acids is 2. The van der Waals surface area contributed by atoms with E-state index in [0.29, 0.717) is 17.0 Å². The van der Waals surface area contributed by atoms with E-state index < -0.39 is 23.5 Å². The number of anilines is 1. The molecule has 0 bridgehead atoms. The van der Waals surface area contributed by atoms with Crippen LogP contribution in [0, 0.1) is 6.92 Å². The Bertz CT molecular complexity index is 1750. The molecule has 3 aromatic carbocycles. The van der Waals surface area contributed by atoms with Gasteiger partial charge in [-0.25, -0.2) is 0 Å². The predicted octanol–water partition coefficient (Wildman–Crippen LogP) is 6.78. The summed E-state index contributed by atoms with van der Waals surface area (Å²) in [5.41, 5.74) is 3.39. The fourth-order valence-corrected chi connectivity index (χ4v) is 5.41. The van der Waals surface area contributed by atoms with E-state index in [2.05, 4.69) is 20.9 Å². The molecule has 0 fully saturated rings. The quantitative estimate of drug-likeness (QED) is 0.233. The van der Waals surface area contributed by atoms with Crippen molar-refractivity contribution in [1.29, 1.82) is 0 Å². The molecule has 7 nitrogen and oxygen atoms in total. The van der Waals surface area contributed by atoms with E-state index in [1.54, 1.807) is 43.5 Å². The lowest BCUT2D eigenvalue weighted by Crippen LogP contribution is -2.31. The number of furan rings is 1. The van der Waals surface area contributed by atoms with Gasteiger partial charge in [0.2, 0.25) is 5.78 Å². The molecule has 0 spiro atoms. The maximum absolute atomic E-state index is 14.0. The number of aliphatic hydroxyl groups is 1. The number of methoxy groups -OCH3 is 1. The Morgan fingerprint density at radius 3 is 2.59 bits per heavy atom. The van der Waals surface area contributed by atoms with Crippen molar-refractivity contribution in [2.75, 3.05) is 12.0 Å². The fraction of sp³-hybridized carbons (Fsp3) is 0.103. The molecular formula is C29H21BrN2O5. The van der Waals surface area contributed by atoms with E-state index in [4.69, 9.17) is 9.15 Å². The van der Waals surface area contributed by atoms with Crippen LogP contribution in [0.25, 0.3) is 21.9 Å². The number of rotatable bonds is 5. The number of carbonyl (C=O) groups is 2. The largest absolute Gasteiger partial charge is 0.503 e. The molecule has 184 valence electrons. The highest BCUT2D eigenvalue weighted by atomic mass is 79.9. The van der Waals surface area contributed by atoms with Crippen molar-refractivity contribution in [2.24, 2.45) is 0 Å². The maximum Gasteiger partial charge on any atom is 0.294 e. The van der Waals surface area contributed by atoms with Gasteiger partial charge in [-0.1, -0.05) is 34.1 Å². The van der Waals surface area contributed by atoms with Gasteiger partial charge in [0.25, 0.3) is 5.91 Å². The summed E-state index contributed by atoms with van der Waals surface area (Å²) in [4.78, 5) is 32.3. The van der Waals surface area contributed by atoms with Gasteiger partial charge < -0.3 is 19.2 Å². The second-order valence-corrected chi connectivity index (χ2v) is 9.78. The first-order valence-corrected chi connectivity index (χ1v) is 12.4. The van der Waals surface area contributed by atoms with Crippen LogP contribution < -0.4 is 9.64 Å². The Labute approximate surface area is 220 Å². The summed E-state index contributed by atoms with van der Waals surface area (Å²) in [6.07, 6.45) is 0. The average molecular weight is 557 g/mol. The standard InChI is InChI=1S/C29H21BrN2O5/c1-15-24(20-5-3-4-6-21(20)31-15)26-25(27(33)23-14-16-13-17(30)7-12-22(16)37-23)28(34)29(35)32(26)18-8-10-19(36-2)11-9-18/h3-14,26,31,34H,1-2H3. The number of hydrogen-bond acceptors (Lipinski definition) is 5. The van der Waals surface area contributed by atoms with Crippen LogP contribution in [0.4, 0.5) is 5.69 Å². The van der Waals surface area contributed by atoms with E-state index in [0.717, 1.165) is 32.0 Å². The number of aromatic amines is 1. The fourth-order valence-electron chi connectivity index (χ4n) is 5.03. The van der Waals surface area contributed by atoms with Crippen LogP contribution in [0.5, 0.6) is 5.75 Å². The van der Waals surface area contributed by atoms with Crippen molar-refractivity contribution in [3.63, 3.8) is 0 Å². The molecule has 1 aliphatic rings. The van der Waals surface area contributed by atoms with Gasteiger partial charge in [-0.05, 0) is 61.5 Å². The third-order valence-electron chi connectivity index (χ3n) is 6.72. The highest BCUT2D eigenvalue weighted by molar-refractivity contribution is 9.10. The molecule has 37 heavy (non-hydrogen) atoms. The molecule has 1 atom stereocenters. The molecule has 2 aromatic heterocycles. The van der Waals surface area contributed by atoms with Gasteiger partial charge >= 0.3 is 0 Å². The normalized spacial score (nSPS) is 15.8. The first kappa shape index (κ1) is 23.1. The summed E-state index contributed by atoms with van der Waals surface area (Å²) in [5.74, 6) is -1.15. The number of para-hydroxylation sites is 1. The van der Waals surface area contributed by atoms with Crippen molar-refractivity contribution >= 4 is 55.2 Å². The lowest BCUT2D eigenvalue weighted by molar-refractivity contribution is -0.117. The first-order valence-electron chi connectivity index (χ1n) is 11.6. The molecule has 6 rings (SSSR count). The molecule has 1 amide bonds. The van der Waals surface area contributed by atoms with Crippen LogP contribution in [-0.4, -0.2) is 28.9 Å². The second-order valence-electron chi connectivity index (χ2n) is 8.87. The number of ether oxygens (including phenoxy) is 1. The average Bonchev–Trinajstić information content (AvgIpc) is 3.54. The molecule has 5 aromatic rings. The molecule has 0 saturated heterocycles. The van der Waals surface area contributed by atoms with Crippen LogP contribution in [-0.2, 0) is 4.79 Å². The van der Waals surface area contributed by atoms with Crippen LogP contribution in [0.1, 0.15) is 27.9 Å². The third kappa shape index (κ3) is 3.64. The molecule has 0 aliphatic carbocycles. The number of Topliss-reactive ketones (excluding diaryl/α,β-unsaturated/α-hetero) is 1. The number of hydrogen-bond donors (Lipinski definition) is 2. The number of aliphatic hydroxyl groups excluding tert-OH is 1. The van der Waals surface area contributed by atoms with Crippen molar-refractivity contribution in [2.45, 2.75) is 13.0 Å². The smallest absolute Gasteiger partial charge is 0.294 e. The lowest BCUT2D eigenvalue weighted by atomic mass is 9.92. The van der Waals surface area contributed by atoms with Crippen molar-refractivity contribution in [1.82, 2.24) is 4.98 Å². The summed E-state index contributed by atoms with van der Waals surface area (Å²) in [6.45, 7) is 1.89. The molecule has 3 heterocycles. The van der Waals surface area contributed by atoms with Gasteiger partial charge in [-0.3, -0.25) is 14.5 Å². The van der Waals surface area contributed by atoms with Gasteiger partial charge in [-0.2, -0.15) is 0 Å². The molecular weight excluding hydrogens is 536 g/mol. The Balaban J connectivity index is 1.56. The highest BCUT2D eigenvalue weighted by Gasteiger charge is 2.46. The summed E-state index contributed by atoms with van der Waals surface area (Å²) >= 11 is 3.43. The van der Waals surface area contributed by atoms with Gasteiger partial charge in [0.1, 0.15) is 11.3 Å². The van der Waals surface area contributed by atoms with Crippen molar-refractivity contribution < 1.29 is 23.8 Å². The van der Waals surface area contributed by atoms with Gasteiger partial charge in [-0.15, -0.1) is 0 Å². The Morgan fingerprint density at radius 1 is 1.08 bits per heavy atom. The van der Waals surface area contributed by atoms with E-state index in [9.17, 15) is 14.7 Å². The number of aromatic nitrogens is 1. The predicted molar refractivity (Wildman–Crippen MR) is 144 cm³/mol. The number of aryl methyl sites for hydroxylation is 1. The Morgan fingerprint density at radius 2 is 1.84 bits per heavy atom. The van der Waals surface area contributed by atoms with Crippen molar-refractivity contribution in [3.8, 4) is 5.75 Å². The van der Waals surface area contributed by atoms with Crippen LogP contribution in [0.15, 0.2) is 93.0 Å². The summed E-state index contributed by atoms with van der Waals surface area (Å²) in [7, 11) is 1.56. The van der Waals surface area contributed by atoms with E-state index in [-0.39, 0.29) is 11.3 Å². The van der Waals surface area contributed by atoms with E-state index in [1.807, 2.05) is 43.3 Å². The molecule has 0 radical (unpaired) electrons. The first-order chi connectivity index (χ1) is 17.9. The number of nitrogens with one attached hydrogen (secondary N) is 1. The second kappa shape index (κ2) is 8.67. The monoisotopic (exact) mass is 556 g/mol. The van der Waals surface area contributed by atoms with E-state index >= 15 is 0 Å². The molecule has 0 saturated carbocycles. The molecule has 8 heteroatoms. The zero-order valence-corrected chi connectivity index (χ0v) is 21.5. The van der Waals surface area contributed by atoms with Crippen LogP contribution in [0.2, 0.25) is 0 Å². The molecule has 2 N–H and O–H groups in total. The zero-order valence-electron chi connectivity index (χ0n) is 19.9. The van der Waals surface area contributed by atoms with Gasteiger partial charge in [0, 0.05) is 37.7 Å². The zero-order chi connectivity index (χ0) is 25.8. The minimum atomic E-state index is -0.885. The number of ketones is 1. The summed E-state index contributed by atoms with van der Waals surface area (Å²) < 4.78 is 12.0. The lowest BCUT2D eigenvalue weighted by Gasteiger charge is -2.27. The number of nitrogens with zero attached hydrogens (tertiary/aromatic N) is 1. The van der Waals surface area contributed by atoms with Gasteiger partial charge in [0.15, 0.2) is 11.5 Å². The number of H-pyrrole nitrogens is 1. The number of benzene rings is 3.